The maximum Gasteiger partial charge on any atom is 0.256 e. The van der Waals surface area contributed by atoms with Crippen LogP contribution in [0.25, 0.3) is 0 Å². The summed E-state index contributed by atoms with van der Waals surface area (Å²) in [6, 6.07) is 2.17. The lowest BCUT2D eigenvalue weighted by molar-refractivity contribution is 0.0391. The molecule has 2 atom stereocenters. The first-order chi connectivity index (χ1) is 9.27. The van der Waals surface area contributed by atoms with Crippen LogP contribution in [-0.2, 0) is 0 Å². The molecular formula is C15H21N3O. The molecule has 4 nitrogen and oxygen atoms in total. The van der Waals surface area contributed by atoms with E-state index >= 15 is 0 Å². The zero-order valence-electron chi connectivity index (χ0n) is 11.2. The van der Waals surface area contributed by atoms with Crippen LogP contribution in [-0.4, -0.2) is 28.4 Å². The zero-order valence-corrected chi connectivity index (χ0v) is 11.2. The molecule has 1 aliphatic heterocycles. The Bertz CT molecular complexity index is 472. The van der Waals surface area contributed by atoms with Crippen molar-refractivity contribution in [1.82, 2.24) is 9.88 Å². The Balaban J connectivity index is 1.84. The monoisotopic (exact) mass is 259 g/mol. The molecule has 2 N–H and O–H groups in total. The fourth-order valence-corrected chi connectivity index (χ4v) is 3.63. The van der Waals surface area contributed by atoms with Gasteiger partial charge < -0.3 is 10.6 Å². The molecule has 4 heteroatoms. The molecule has 0 bridgehead atoms. The van der Waals surface area contributed by atoms with Gasteiger partial charge in [-0.2, -0.15) is 0 Å². The molecule has 19 heavy (non-hydrogen) atoms. The molecule has 1 saturated heterocycles. The van der Waals surface area contributed by atoms with Crippen molar-refractivity contribution in [3.63, 3.8) is 0 Å². The van der Waals surface area contributed by atoms with Crippen LogP contribution in [0.1, 0.15) is 48.9 Å². The number of aromatic nitrogens is 1. The molecule has 1 aromatic heterocycles. The third-order valence-electron chi connectivity index (χ3n) is 4.59. The number of amides is 1. The summed E-state index contributed by atoms with van der Waals surface area (Å²) in [5, 5.41) is 0. The van der Waals surface area contributed by atoms with Crippen molar-refractivity contribution in [2.24, 2.45) is 5.92 Å². The van der Waals surface area contributed by atoms with Crippen LogP contribution in [0.2, 0.25) is 0 Å². The smallest absolute Gasteiger partial charge is 0.256 e. The molecule has 0 radical (unpaired) electrons. The van der Waals surface area contributed by atoms with Crippen molar-refractivity contribution in [3.05, 3.63) is 24.0 Å². The number of hydrogen-bond acceptors (Lipinski definition) is 3. The van der Waals surface area contributed by atoms with E-state index in [-0.39, 0.29) is 5.91 Å². The number of hydrogen-bond donors (Lipinski definition) is 1. The second-order valence-electron chi connectivity index (χ2n) is 5.72. The van der Waals surface area contributed by atoms with Gasteiger partial charge >= 0.3 is 0 Å². The minimum absolute atomic E-state index is 0.0940. The van der Waals surface area contributed by atoms with Crippen molar-refractivity contribution < 1.29 is 4.79 Å². The minimum Gasteiger partial charge on any atom is -0.397 e. The molecule has 2 fully saturated rings. The number of nitrogens with zero attached hydrogens (tertiary/aromatic N) is 2. The van der Waals surface area contributed by atoms with E-state index in [2.05, 4.69) is 9.88 Å². The van der Waals surface area contributed by atoms with Crippen molar-refractivity contribution in [1.29, 1.82) is 0 Å². The molecule has 0 aromatic carbocycles. The highest BCUT2D eigenvalue weighted by atomic mass is 16.2. The van der Waals surface area contributed by atoms with E-state index in [4.69, 9.17) is 5.73 Å². The molecule has 3 rings (SSSR count). The molecule has 2 unspecified atom stereocenters. The fourth-order valence-electron chi connectivity index (χ4n) is 3.63. The molecule has 1 amide bonds. The number of carbonyl (C=O) groups is 1. The molecule has 1 aliphatic carbocycles. The zero-order chi connectivity index (χ0) is 13.2. The number of nitrogens with two attached hydrogens (primary N) is 1. The van der Waals surface area contributed by atoms with E-state index in [0.29, 0.717) is 23.2 Å². The van der Waals surface area contributed by atoms with Crippen molar-refractivity contribution in [2.75, 3.05) is 12.3 Å². The number of likely N-dealkylation sites (tertiary alicyclic amines) is 1. The standard InChI is InChI=1S/C15H21N3O/c16-13-10-17-8-7-12(13)15(19)18-9-3-5-11-4-1-2-6-14(11)18/h7-8,10-11,14H,1-6,9,16H2. The maximum absolute atomic E-state index is 12.7. The highest BCUT2D eigenvalue weighted by Crippen LogP contribution is 2.36. The van der Waals surface area contributed by atoms with Crippen molar-refractivity contribution >= 4 is 11.6 Å². The van der Waals surface area contributed by atoms with Crippen LogP contribution in [0.4, 0.5) is 5.69 Å². The lowest BCUT2D eigenvalue weighted by atomic mass is 9.78. The average molecular weight is 259 g/mol. The predicted molar refractivity (Wildman–Crippen MR) is 74.7 cm³/mol. The second kappa shape index (κ2) is 5.19. The van der Waals surface area contributed by atoms with E-state index in [1.165, 1.54) is 25.7 Å². The van der Waals surface area contributed by atoms with Crippen LogP contribution < -0.4 is 5.73 Å². The number of fused-ring (bicyclic) bond motifs is 1. The quantitative estimate of drug-likeness (QED) is 0.842. The third-order valence-corrected chi connectivity index (χ3v) is 4.59. The van der Waals surface area contributed by atoms with Gasteiger partial charge in [0.05, 0.1) is 17.4 Å². The first-order valence-corrected chi connectivity index (χ1v) is 7.28. The Labute approximate surface area is 114 Å². The number of piperidine rings is 1. The summed E-state index contributed by atoms with van der Waals surface area (Å²) in [5.41, 5.74) is 6.99. The lowest BCUT2D eigenvalue weighted by Gasteiger charge is -2.44. The summed E-state index contributed by atoms with van der Waals surface area (Å²) < 4.78 is 0. The summed E-state index contributed by atoms with van der Waals surface area (Å²) in [6.45, 7) is 0.877. The first kappa shape index (κ1) is 12.5. The summed E-state index contributed by atoms with van der Waals surface area (Å²) in [5.74, 6) is 0.797. The van der Waals surface area contributed by atoms with Gasteiger partial charge in [-0.15, -0.1) is 0 Å². The fraction of sp³-hybridized carbons (Fsp3) is 0.600. The first-order valence-electron chi connectivity index (χ1n) is 7.28. The van der Waals surface area contributed by atoms with Gasteiger partial charge in [0, 0.05) is 18.8 Å². The van der Waals surface area contributed by atoms with Crippen LogP contribution in [0, 0.1) is 5.92 Å². The Morgan fingerprint density at radius 2 is 2.05 bits per heavy atom. The minimum atomic E-state index is 0.0940. The van der Waals surface area contributed by atoms with E-state index in [9.17, 15) is 4.79 Å². The number of rotatable bonds is 1. The predicted octanol–water partition coefficient (Wildman–Crippen LogP) is 2.46. The van der Waals surface area contributed by atoms with Gasteiger partial charge in [-0.05, 0) is 37.7 Å². The Morgan fingerprint density at radius 3 is 2.89 bits per heavy atom. The van der Waals surface area contributed by atoms with Gasteiger partial charge in [0.1, 0.15) is 0 Å². The Kier molecular flexibility index (Phi) is 3.40. The Morgan fingerprint density at radius 1 is 1.26 bits per heavy atom. The van der Waals surface area contributed by atoms with Gasteiger partial charge in [-0.3, -0.25) is 9.78 Å². The highest BCUT2D eigenvalue weighted by Gasteiger charge is 2.36. The molecular weight excluding hydrogens is 238 g/mol. The summed E-state index contributed by atoms with van der Waals surface area (Å²) in [4.78, 5) is 18.7. The number of anilines is 1. The van der Waals surface area contributed by atoms with Gasteiger partial charge in [0.15, 0.2) is 0 Å². The molecule has 102 valence electrons. The molecule has 2 heterocycles. The SMILES string of the molecule is Nc1cnccc1C(=O)N1CCCC2CCCCC21. The van der Waals surface area contributed by atoms with Crippen molar-refractivity contribution in [2.45, 2.75) is 44.6 Å². The average Bonchev–Trinajstić information content (AvgIpc) is 2.46. The van der Waals surface area contributed by atoms with Crippen LogP contribution >= 0.6 is 0 Å². The number of carbonyl (C=O) groups excluding carboxylic acids is 1. The molecule has 1 saturated carbocycles. The van der Waals surface area contributed by atoms with E-state index in [1.807, 2.05) is 0 Å². The van der Waals surface area contributed by atoms with E-state index in [1.54, 1.807) is 18.5 Å². The largest absolute Gasteiger partial charge is 0.397 e. The molecule has 1 aromatic rings. The number of nitrogen functional groups attached to an aromatic ring is 1. The van der Waals surface area contributed by atoms with Gasteiger partial charge in [0.2, 0.25) is 0 Å². The van der Waals surface area contributed by atoms with Crippen LogP contribution in [0.3, 0.4) is 0 Å². The summed E-state index contributed by atoms with van der Waals surface area (Å²) >= 11 is 0. The van der Waals surface area contributed by atoms with E-state index < -0.39 is 0 Å². The van der Waals surface area contributed by atoms with Crippen molar-refractivity contribution in [3.8, 4) is 0 Å². The van der Waals surface area contributed by atoms with Crippen LogP contribution in [0.15, 0.2) is 18.5 Å². The normalized spacial score (nSPS) is 26.8. The third kappa shape index (κ3) is 2.31. The maximum atomic E-state index is 12.7. The molecule has 0 spiro atoms. The van der Waals surface area contributed by atoms with Gasteiger partial charge in [0.25, 0.3) is 5.91 Å². The molecule has 2 aliphatic rings. The summed E-state index contributed by atoms with van der Waals surface area (Å²) in [7, 11) is 0. The lowest BCUT2D eigenvalue weighted by Crippen LogP contribution is -2.49. The van der Waals surface area contributed by atoms with E-state index in [0.717, 1.165) is 19.4 Å². The Hall–Kier alpha value is -1.58. The second-order valence-corrected chi connectivity index (χ2v) is 5.72. The summed E-state index contributed by atoms with van der Waals surface area (Å²) in [6.07, 6.45) is 10.6. The number of pyridine rings is 1. The van der Waals surface area contributed by atoms with Crippen LogP contribution in [0.5, 0.6) is 0 Å². The highest BCUT2D eigenvalue weighted by molar-refractivity contribution is 5.99. The topological polar surface area (TPSA) is 59.2 Å². The van der Waals surface area contributed by atoms with Gasteiger partial charge in [-0.25, -0.2) is 0 Å². The van der Waals surface area contributed by atoms with Gasteiger partial charge in [-0.1, -0.05) is 12.8 Å².